The number of esters is 1. The number of hydrogen-bond acceptors (Lipinski definition) is 3. The summed E-state index contributed by atoms with van der Waals surface area (Å²) in [6.07, 6.45) is 3.42. The largest absolute Gasteiger partial charge is 0.481 e. The number of carboxylic acid groups (broad SMARTS) is 1. The summed E-state index contributed by atoms with van der Waals surface area (Å²) in [6.45, 7) is 6.15. The van der Waals surface area contributed by atoms with E-state index < -0.39 is 5.97 Å². The number of rotatable bonds is 5. The smallest absolute Gasteiger partial charge is 0.310 e. The van der Waals surface area contributed by atoms with Crippen molar-refractivity contribution >= 4 is 11.9 Å². The maximum atomic E-state index is 11.6. The average Bonchev–Trinajstić information content (AvgIpc) is 2.68. The molecule has 0 aromatic rings. The highest BCUT2D eigenvalue weighted by atomic mass is 16.5. The van der Waals surface area contributed by atoms with Gasteiger partial charge in [0, 0.05) is 0 Å². The normalized spacial score (nSPS) is 26.7. The van der Waals surface area contributed by atoms with Crippen LogP contribution < -0.4 is 0 Å². The Labute approximate surface area is 95.3 Å². The van der Waals surface area contributed by atoms with Gasteiger partial charge in [-0.1, -0.05) is 26.0 Å². The van der Waals surface area contributed by atoms with E-state index >= 15 is 0 Å². The number of allylic oxidation sites excluding steroid dienone is 1. The molecule has 0 spiro atoms. The van der Waals surface area contributed by atoms with Crippen LogP contribution in [0, 0.1) is 17.3 Å². The van der Waals surface area contributed by atoms with Gasteiger partial charge in [0.05, 0.1) is 18.9 Å². The van der Waals surface area contributed by atoms with Crippen LogP contribution in [0.25, 0.3) is 0 Å². The Hall–Kier alpha value is -1.32. The first-order valence-electron chi connectivity index (χ1n) is 5.46. The number of hydrogen-bond donors (Lipinski definition) is 1. The maximum absolute atomic E-state index is 11.6. The second-order valence-corrected chi connectivity index (χ2v) is 4.60. The molecule has 0 amide bonds. The maximum Gasteiger partial charge on any atom is 0.310 e. The molecule has 0 bridgehead atoms. The second-order valence-electron chi connectivity index (χ2n) is 4.60. The average molecular weight is 226 g/mol. The summed E-state index contributed by atoms with van der Waals surface area (Å²) in [5, 5.41) is 8.49. The van der Waals surface area contributed by atoms with Crippen LogP contribution in [0.15, 0.2) is 12.2 Å². The minimum atomic E-state index is -0.859. The lowest BCUT2D eigenvalue weighted by Gasteiger charge is -2.01. The van der Waals surface area contributed by atoms with Crippen LogP contribution in [0.1, 0.15) is 27.2 Å². The summed E-state index contributed by atoms with van der Waals surface area (Å²) in [7, 11) is 0. The number of carboxylic acids is 1. The van der Waals surface area contributed by atoms with Gasteiger partial charge < -0.3 is 9.84 Å². The van der Waals surface area contributed by atoms with E-state index in [4.69, 9.17) is 9.84 Å². The molecule has 0 heterocycles. The third-order valence-electron chi connectivity index (χ3n) is 3.09. The lowest BCUT2D eigenvalue weighted by molar-refractivity contribution is -0.145. The van der Waals surface area contributed by atoms with Gasteiger partial charge in [0.2, 0.25) is 0 Å². The molecule has 0 saturated heterocycles. The summed E-state index contributed by atoms with van der Waals surface area (Å²) < 4.78 is 4.97. The molecule has 2 atom stereocenters. The van der Waals surface area contributed by atoms with Gasteiger partial charge in [0.25, 0.3) is 0 Å². The fourth-order valence-corrected chi connectivity index (χ4v) is 2.03. The molecule has 1 saturated carbocycles. The van der Waals surface area contributed by atoms with E-state index in [1.54, 1.807) is 13.0 Å². The molecule has 1 rings (SSSR count). The summed E-state index contributed by atoms with van der Waals surface area (Å²) in [6, 6.07) is 0. The highest BCUT2D eigenvalue weighted by Gasteiger charge is 2.61. The predicted octanol–water partition coefficient (Wildman–Crippen LogP) is 1.85. The van der Waals surface area contributed by atoms with Gasteiger partial charge in [-0.3, -0.25) is 9.59 Å². The molecule has 1 fully saturated rings. The molecule has 1 aliphatic carbocycles. The second kappa shape index (κ2) is 4.68. The highest BCUT2D eigenvalue weighted by Crippen LogP contribution is 2.59. The van der Waals surface area contributed by atoms with Crippen molar-refractivity contribution in [3.63, 3.8) is 0 Å². The van der Waals surface area contributed by atoms with Crippen molar-refractivity contribution in [2.45, 2.75) is 27.2 Å². The summed E-state index contributed by atoms with van der Waals surface area (Å²) in [5.74, 6) is -1.07. The Balaban J connectivity index is 2.53. The molecule has 4 heteroatoms. The van der Waals surface area contributed by atoms with E-state index in [-0.39, 0.29) is 29.6 Å². The lowest BCUT2D eigenvalue weighted by atomic mass is 10.1. The lowest BCUT2D eigenvalue weighted by Crippen LogP contribution is -2.10. The summed E-state index contributed by atoms with van der Waals surface area (Å²) >= 11 is 0. The third-order valence-corrected chi connectivity index (χ3v) is 3.09. The van der Waals surface area contributed by atoms with E-state index in [1.807, 2.05) is 19.9 Å². The first-order valence-corrected chi connectivity index (χ1v) is 5.46. The molecule has 0 aliphatic heterocycles. The van der Waals surface area contributed by atoms with Crippen molar-refractivity contribution in [2.75, 3.05) is 6.61 Å². The molecular weight excluding hydrogens is 208 g/mol. The SMILES string of the molecule is CCOC(=O)C1C(/C=C/CC(=O)O)C1(C)C. The van der Waals surface area contributed by atoms with Crippen molar-refractivity contribution in [2.24, 2.45) is 17.3 Å². The Bertz CT molecular complexity index is 317. The van der Waals surface area contributed by atoms with Gasteiger partial charge in [-0.25, -0.2) is 0 Å². The molecule has 1 aliphatic rings. The first kappa shape index (κ1) is 12.7. The monoisotopic (exact) mass is 226 g/mol. The molecule has 0 aromatic carbocycles. The number of aliphatic carboxylic acids is 1. The predicted molar refractivity (Wildman–Crippen MR) is 58.8 cm³/mol. The van der Waals surface area contributed by atoms with Crippen LogP contribution in [0.2, 0.25) is 0 Å². The fourth-order valence-electron chi connectivity index (χ4n) is 2.03. The molecule has 4 nitrogen and oxygen atoms in total. The third kappa shape index (κ3) is 2.62. The Kier molecular flexibility index (Phi) is 3.73. The van der Waals surface area contributed by atoms with Gasteiger partial charge in [-0.2, -0.15) is 0 Å². The molecular formula is C12H18O4. The van der Waals surface area contributed by atoms with Gasteiger partial charge in [-0.15, -0.1) is 0 Å². The molecule has 2 unspecified atom stereocenters. The fraction of sp³-hybridized carbons (Fsp3) is 0.667. The number of carbonyl (C=O) groups is 2. The van der Waals surface area contributed by atoms with Gasteiger partial charge >= 0.3 is 11.9 Å². The molecule has 16 heavy (non-hydrogen) atoms. The van der Waals surface area contributed by atoms with E-state index in [1.165, 1.54) is 0 Å². The van der Waals surface area contributed by atoms with Crippen molar-refractivity contribution in [3.8, 4) is 0 Å². The minimum Gasteiger partial charge on any atom is -0.481 e. The van der Waals surface area contributed by atoms with E-state index in [9.17, 15) is 9.59 Å². The van der Waals surface area contributed by atoms with Crippen LogP contribution in [0.3, 0.4) is 0 Å². The molecule has 0 radical (unpaired) electrons. The van der Waals surface area contributed by atoms with Gasteiger partial charge in [-0.05, 0) is 18.3 Å². The van der Waals surface area contributed by atoms with Crippen LogP contribution in [0.5, 0.6) is 0 Å². The molecule has 0 aromatic heterocycles. The van der Waals surface area contributed by atoms with Gasteiger partial charge in [0.15, 0.2) is 0 Å². The van der Waals surface area contributed by atoms with Crippen molar-refractivity contribution in [1.29, 1.82) is 0 Å². The zero-order valence-electron chi connectivity index (χ0n) is 9.90. The van der Waals surface area contributed by atoms with Crippen molar-refractivity contribution in [1.82, 2.24) is 0 Å². The van der Waals surface area contributed by atoms with Crippen molar-refractivity contribution < 1.29 is 19.4 Å². The number of ether oxygens (including phenoxy) is 1. The molecule has 90 valence electrons. The van der Waals surface area contributed by atoms with Crippen LogP contribution in [0.4, 0.5) is 0 Å². The zero-order valence-corrected chi connectivity index (χ0v) is 9.90. The topological polar surface area (TPSA) is 63.6 Å². The van der Waals surface area contributed by atoms with E-state index in [2.05, 4.69) is 0 Å². The quantitative estimate of drug-likeness (QED) is 0.574. The summed E-state index contributed by atoms with van der Waals surface area (Å²) in [5.41, 5.74) is -0.110. The van der Waals surface area contributed by atoms with E-state index in [0.717, 1.165) is 0 Å². The van der Waals surface area contributed by atoms with Gasteiger partial charge in [0.1, 0.15) is 0 Å². The van der Waals surface area contributed by atoms with Crippen molar-refractivity contribution in [3.05, 3.63) is 12.2 Å². The molecule has 1 N–H and O–H groups in total. The first-order chi connectivity index (χ1) is 7.41. The van der Waals surface area contributed by atoms with Crippen LogP contribution >= 0.6 is 0 Å². The Morgan fingerprint density at radius 3 is 2.56 bits per heavy atom. The zero-order chi connectivity index (χ0) is 12.3. The Morgan fingerprint density at radius 1 is 1.44 bits per heavy atom. The van der Waals surface area contributed by atoms with Crippen LogP contribution in [-0.4, -0.2) is 23.7 Å². The minimum absolute atomic E-state index is 0.00211. The number of carbonyl (C=O) groups excluding carboxylic acids is 1. The summed E-state index contributed by atoms with van der Waals surface area (Å²) in [4.78, 5) is 21.9. The highest BCUT2D eigenvalue weighted by molar-refractivity contribution is 5.78. The Morgan fingerprint density at radius 2 is 2.06 bits per heavy atom. The van der Waals surface area contributed by atoms with Crippen LogP contribution in [-0.2, 0) is 14.3 Å². The standard InChI is InChI=1S/C12H18O4/c1-4-16-11(15)10-8(12(10,2)3)6-5-7-9(13)14/h5-6,8,10H,4,7H2,1-3H3,(H,13,14)/b6-5+. The van der Waals surface area contributed by atoms with E-state index in [0.29, 0.717) is 6.61 Å².